The molecule has 6 heteroatoms. The Hall–Kier alpha value is -1.31. The lowest BCUT2D eigenvalue weighted by atomic mass is 9.76. The lowest BCUT2D eigenvalue weighted by molar-refractivity contribution is -0.153. The average molecular weight is 525 g/mol. The van der Waals surface area contributed by atoms with Crippen molar-refractivity contribution in [2.45, 2.75) is 43.7 Å². The van der Waals surface area contributed by atoms with E-state index in [1.165, 1.54) is 5.56 Å². The molecule has 2 aromatic rings. The van der Waals surface area contributed by atoms with Crippen LogP contribution in [0.3, 0.4) is 0 Å². The summed E-state index contributed by atoms with van der Waals surface area (Å²) in [5.41, 5.74) is 8.98. The van der Waals surface area contributed by atoms with E-state index in [0.717, 1.165) is 39.1 Å². The molecule has 2 heterocycles. The van der Waals surface area contributed by atoms with Gasteiger partial charge in [0.25, 0.3) is 0 Å². The Morgan fingerprint density at radius 2 is 2.00 bits per heavy atom. The average Bonchev–Trinajstić information content (AvgIpc) is 2.93. The van der Waals surface area contributed by atoms with Gasteiger partial charge in [0.2, 0.25) is 0 Å². The number of ether oxygens (including phenoxy) is 1. The van der Waals surface area contributed by atoms with Gasteiger partial charge in [-0.25, -0.2) is 0 Å². The van der Waals surface area contributed by atoms with E-state index in [1.54, 1.807) is 0 Å². The normalized spacial score (nSPS) is 26.4. The van der Waals surface area contributed by atoms with Crippen LogP contribution in [0.2, 0.25) is 5.02 Å². The monoisotopic (exact) mass is 524 g/mol. The Morgan fingerprint density at radius 3 is 2.72 bits per heavy atom. The van der Waals surface area contributed by atoms with E-state index in [0.29, 0.717) is 19.1 Å². The van der Waals surface area contributed by atoms with Crippen LogP contribution in [-0.2, 0) is 16.0 Å². The zero-order valence-electron chi connectivity index (χ0n) is 16.5. The number of rotatable bonds is 5. The maximum absolute atomic E-state index is 13.2. The van der Waals surface area contributed by atoms with Crippen molar-refractivity contribution in [3.63, 3.8) is 0 Å². The Morgan fingerprint density at radius 1 is 1.24 bits per heavy atom. The molecule has 4 nitrogen and oxygen atoms in total. The molecular weight excluding hydrogens is 499 g/mol. The van der Waals surface area contributed by atoms with E-state index in [9.17, 15) is 4.79 Å². The molecule has 2 saturated heterocycles. The number of hydrogen-bond acceptors (Lipinski definition) is 4. The van der Waals surface area contributed by atoms with Gasteiger partial charge in [-0.1, -0.05) is 29.8 Å². The van der Waals surface area contributed by atoms with Crippen molar-refractivity contribution >= 4 is 45.8 Å². The zero-order valence-corrected chi connectivity index (χ0v) is 19.4. The van der Waals surface area contributed by atoms with Gasteiger partial charge in [-0.15, -0.1) is 0 Å². The first-order chi connectivity index (χ1) is 13.9. The highest BCUT2D eigenvalue weighted by atomic mass is 127. The zero-order chi connectivity index (χ0) is 20.5. The van der Waals surface area contributed by atoms with Crippen molar-refractivity contribution in [3.05, 3.63) is 62.2 Å². The molecule has 2 N–H and O–H groups in total. The molecule has 1 unspecified atom stereocenters. The summed E-state index contributed by atoms with van der Waals surface area (Å²) < 4.78 is 6.83. The van der Waals surface area contributed by atoms with Crippen LogP contribution in [0, 0.1) is 9.49 Å². The van der Waals surface area contributed by atoms with Crippen LogP contribution in [-0.4, -0.2) is 36.6 Å². The molecule has 0 aliphatic carbocycles. The molecule has 0 amide bonds. The summed E-state index contributed by atoms with van der Waals surface area (Å²) in [5, 5.41) is 0.724. The molecule has 2 bridgehead atoms. The van der Waals surface area contributed by atoms with Crippen molar-refractivity contribution in [1.29, 1.82) is 0 Å². The van der Waals surface area contributed by atoms with E-state index in [1.807, 2.05) is 24.3 Å². The summed E-state index contributed by atoms with van der Waals surface area (Å²) in [6.45, 7) is 0.391. The minimum atomic E-state index is -0.133. The van der Waals surface area contributed by atoms with Crippen molar-refractivity contribution < 1.29 is 9.53 Å². The van der Waals surface area contributed by atoms with Crippen LogP contribution in [0.15, 0.2) is 42.5 Å². The van der Waals surface area contributed by atoms with Crippen LogP contribution < -0.4 is 5.73 Å². The van der Waals surface area contributed by atoms with Crippen LogP contribution in [0.4, 0.5) is 5.69 Å². The summed E-state index contributed by atoms with van der Waals surface area (Å²) in [7, 11) is 2.15. The maximum Gasteiger partial charge on any atom is 0.311 e. The highest BCUT2D eigenvalue weighted by Crippen LogP contribution is 2.46. The van der Waals surface area contributed by atoms with Crippen LogP contribution in [0.5, 0.6) is 0 Å². The molecule has 154 valence electrons. The molecule has 2 aliphatic rings. The predicted molar refractivity (Wildman–Crippen MR) is 125 cm³/mol. The number of halogens is 2. The highest BCUT2D eigenvalue weighted by Gasteiger charge is 2.49. The van der Waals surface area contributed by atoms with Gasteiger partial charge in [-0.3, -0.25) is 9.69 Å². The van der Waals surface area contributed by atoms with Crippen LogP contribution in [0.1, 0.15) is 36.3 Å². The summed E-state index contributed by atoms with van der Waals surface area (Å²) in [4.78, 5) is 15.6. The van der Waals surface area contributed by atoms with Gasteiger partial charge in [0.1, 0.15) is 0 Å². The molecule has 2 aromatic carbocycles. The Labute approximate surface area is 190 Å². The summed E-state index contributed by atoms with van der Waals surface area (Å²) in [6.07, 6.45) is 3.90. The number of nitrogens with two attached hydrogens (primary N) is 1. The molecule has 4 atom stereocenters. The lowest BCUT2D eigenvalue weighted by Crippen LogP contribution is -2.49. The third-order valence-corrected chi connectivity index (χ3v) is 7.73. The number of carbonyl (C=O) groups excluding carboxylic acids is 1. The Balaban J connectivity index is 1.47. The summed E-state index contributed by atoms with van der Waals surface area (Å²) >= 11 is 8.31. The van der Waals surface area contributed by atoms with Gasteiger partial charge >= 0.3 is 5.97 Å². The first kappa shape index (κ1) is 20.9. The highest BCUT2D eigenvalue weighted by molar-refractivity contribution is 14.1. The van der Waals surface area contributed by atoms with E-state index >= 15 is 0 Å². The van der Waals surface area contributed by atoms with Gasteiger partial charge in [-0.05, 0) is 84.3 Å². The van der Waals surface area contributed by atoms with Crippen molar-refractivity contribution in [1.82, 2.24) is 4.90 Å². The van der Waals surface area contributed by atoms with E-state index in [2.05, 4.69) is 52.7 Å². The first-order valence-corrected chi connectivity index (χ1v) is 11.6. The summed E-state index contributed by atoms with van der Waals surface area (Å²) in [6, 6.07) is 14.7. The summed E-state index contributed by atoms with van der Waals surface area (Å²) in [5.74, 6) is -0.0234. The fraction of sp³-hybridized carbons (Fsp3) is 0.435. The molecule has 2 aliphatic heterocycles. The standard InChI is InChI=1S/C23H26ClIN2O2/c1-27-17-7-9-21(27)22(18(13-17)15-3-5-16(24)6-4-15)23(28)29-11-10-14-2-8-20(26)19(25)12-14/h2-6,8,12,17-18,21-22H,7,9-11,13,26H2,1H3/t17-,18-,21?,22+/m1/s1. The molecule has 0 aromatic heterocycles. The smallest absolute Gasteiger partial charge is 0.311 e. The molecular formula is C23H26ClIN2O2. The van der Waals surface area contributed by atoms with E-state index < -0.39 is 0 Å². The van der Waals surface area contributed by atoms with Gasteiger partial charge in [0.05, 0.1) is 12.5 Å². The third kappa shape index (κ3) is 4.42. The van der Waals surface area contributed by atoms with Crippen molar-refractivity contribution in [2.24, 2.45) is 5.92 Å². The number of nitrogens with zero attached hydrogens (tertiary/aromatic N) is 1. The topological polar surface area (TPSA) is 55.6 Å². The van der Waals surface area contributed by atoms with Gasteiger partial charge < -0.3 is 10.5 Å². The number of benzene rings is 2. The second-order valence-corrected chi connectivity index (χ2v) is 9.76. The first-order valence-electron chi connectivity index (χ1n) is 10.1. The van der Waals surface area contributed by atoms with Crippen LogP contribution >= 0.6 is 34.2 Å². The van der Waals surface area contributed by atoms with Crippen molar-refractivity contribution in [2.75, 3.05) is 19.4 Å². The Kier molecular flexibility index (Phi) is 6.37. The second kappa shape index (κ2) is 8.82. The minimum absolute atomic E-state index is 0.0766. The molecule has 29 heavy (non-hydrogen) atoms. The molecule has 0 saturated carbocycles. The number of fused-ring (bicyclic) bond motifs is 2. The number of piperidine rings is 1. The number of hydrogen-bond donors (Lipinski definition) is 1. The second-order valence-electron chi connectivity index (χ2n) is 8.16. The van der Waals surface area contributed by atoms with Gasteiger partial charge in [-0.2, -0.15) is 0 Å². The molecule has 0 radical (unpaired) electrons. The number of carbonyl (C=O) groups is 1. The SMILES string of the molecule is CN1C2CC[C@@H]1C[C@H](c1ccc(Cl)cc1)[C@@H]2C(=O)OCCc1ccc(N)c(I)c1. The van der Waals surface area contributed by atoms with E-state index in [4.69, 9.17) is 22.1 Å². The van der Waals surface area contributed by atoms with Gasteiger partial charge in [0.15, 0.2) is 0 Å². The van der Waals surface area contributed by atoms with Crippen LogP contribution in [0.25, 0.3) is 0 Å². The third-order valence-electron chi connectivity index (χ3n) is 6.54. The molecule has 2 fully saturated rings. The van der Waals surface area contributed by atoms with E-state index in [-0.39, 0.29) is 23.8 Å². The van der Waals surface area contributed by atoms with Gasteiger partial charge in [0, 0.05) is 38.7 Å². The number of esters is 1. The molecule has 0 spiro atoms. The minimum Gasteiger partial charge on any atom is -0.465 e. The predicted octanol–water partition coefficient (Wildman–Crippen LogP) is 4.88. The number of anilines is 1. The largest absolute Gasteiger partial charge is 0.465 e. The van der Waals surface area contributed by atoms with Crippen molar-refractivity contribution in [3.8, 4) is 0 Å². The Bertz CT molecular complexity index is 889. The maximum atomic E-state index is 13.2. The quantitative estimate of drug-likeness (QED) is 0.344. The fourth-order valence-electron chi connectivity index (χ4n) is 4.93. The number of nitrogen functional groups attached to an aromatic ring is 1. The molecule has 4 rings (SSSR count). The fourth-order valence-corrected chi connectivity index (χ4v) is 5.64. The lowest BCUT2D eigenvalue weighted by Gasteiger charge is -2.42.